The lowest BCUT2D eigenvalue weighted by Gasteiger charge is -2.06. The van der Waals surface area contributed by atoms with Crippen molar-refractivity contribution in [2.45, 2.75) is 6.92 Å². The third kappa shape index (κ3) is 2.35. The van der Waals surface area contributed by atoms with E-state index < -0.39 is 0 Å². The van der Waals surface area contributed by atoms with Gasteiger partial charge in [0.1, 0.15) is 11.0 Å². The molecule has 0 spiro atoms. The van der Waals surface area contributed by atoms with Crippen molar-refractivity contribution in [3.8, 4) is 11.4 Å². The summed E-state index contributed by atoms with van der Waals surface area (Å²) in [5, 5.41) is 1.46. The maximum atomic E-state index is 13.5. The zero-order chi connectivity index (χ0) is 14.3. The molecule has 0 N–H and O–H groups in total. The number of hydrogen-bond acceptors (Lipinski definition) is 2. The summed E-state index contributed by atoms with van der Waals surface area (Å²) in [5.41, 5.74) is 1.93. The van der Waals surface area contributed by atoms with Gasteiger partial charge in [-0.2, -0.15) is 0 Å². The van der Waals surface area contributed by atoms with E-state index in [2.05, 4.69) is 9.97 Å². The van der Waals surface area contributed by atoms with E-state index in [0.29, 0.717) is 32.5 Å². The number of benzene rings is 2. The first-order valence-corrected chi connectivity index (χ1v) is 6.69. The number of fused-ring (bicyclic) bond motifs is 1. The molecule has 0 bridgehead atoms. The molecule has 0 radical (unpaired) electrons. The van der Waals surface area contributed by atoms with Gasteiger partial charge in [-0.25, -0.2) is 14.4 Å². The summed E-state index contributed by atoms with van der Waals surface area (Å²) in [7, 11) is 0. The number of rotatable bonds is 1. The summed E-state index contributed by atoms with van der Waals surface area (Å²) in [6.07, 6.45) is 0. The van der Waals surface area contributed by atoms with Gasteiger partial charge in [-0.15, -0.1) is 0 Å². The average Bonchev–Trinajstić information content (AvgIpc) is 2.38. The van der Waals surface area contributed by atoms with E-state index in [1.165, 1.54) is 12.1 Å². The zero-order valence-corrected chi connectivity index (χ0v) is 12.0. The minimum atomic E-state index is -0.334. The Kier molecular flexibility index (Phi) is 3.32. The van der Waals surface area contributed by atoms with E-state index in [-0.39, 0.29) is 5.82 Å². The average molecular weight is 307 g/mol. The molecule has 0 amide bonds. The molecule has 20 heavy (non-hydrogen) atoms. The Morgan fingerprint density at radius 2 is 1.85 bits per heavy atom. The molecule has 0 aliphatic heterocycles. The largest absolute Gasteiger partial charge is 0.226 e. The summed E-state index contributed by atoms with van der Waals surface area (Å²) in [6.45, 7) is 1.81. The van der Waals surface area contributed by atoms with E-state index in [1.54, 1.807) is 24.3 Å². The van der Waals surface area contributed by atoms with E-state index in [0.717, 1.165) is 5.56 Å². The molecule has 2 aromatic carbocycles. The molecule has 5 heteroatoms. The Balaban J connectivity index is 2.29. The van der Waals surface area contributed by atoms with Crippen LogP contribution in [0, 0.1) is 12.7 Å². The van der Waals surface area contributed by atoms with Crippen LogP contribution in [-0.4, -0.2) is 9.97 Å². The fourth-order valence-corrected chi connectivity index (χ4v) is 2.52. The summed E-state index contributed by atoms with van der Waals surface area (Å²) >= 11 is 12.3. The van der Waals surface area contributed by atoms with Gasteiger partial charge in [0, 0.05) is 10.9 Å². The summed E-state index contributed by atoms with van der Waals surface area (Å²) < 4.78 is 13.5. The first-order valence-electron chi connectivity index (χ1n) is 5.94. The number of nitrogens with zero attached hydrogens (tertiary/aromatic N) is 2. The van der Waals surface area contributed by atoms with Crippen molar-refractivity contribution in [1.29, 1.82) is 0 Å². The van der Waals surface area contributed by atoms with Crippen LogP contribution >= 0.6 is 23.2 Å². The van der Waals surface area contributed by atoms with Crippen molar-refractivity contribution in [1.82, 2.24) is 9.97 Å². The number of aromatic nitrogens is 2. The Morgan fingerprint density at radius 3 is 2.60 bits per heavy atom. The van der Waals surface area contributed by atoms with Gasteiger partial charge >= 0.3 is 0 Å². The molecular formula is C15H9Cl2FN2. The van der Waals surface area contributed by atoms with Crippen molar-refractivity contribution in [2.24, 2.45) is 0 Å². The summed E-state index contributed by atoms with van der Waals surface area (Å²) in [4.78, 5) is 8.62. The molecule has 0 saturated carbocycles. The first kappa shape index (κ1) is 13.3. The molecule has 1 heterocycles. The quantitative estimate of drug-likeness (QED) is 0.588. The highest BCUT2D eigenvalue weighted by Gasteiger charge is 2.11. The van der Waals surface area contributed by atoms with Crippen LogP contribution in [0.5, 0.6) is 0 Å². The van der Waals surface area contributed by atoms with Crippen molar-refractivity contribution in [2.75, 3.05) is 0 Å². The monoisotopic (exact) mass is 306 g/mol. The van der Waals surface area contributed by atoms with E-state index in [4.69, 9.17) is 23.2 Å². The SMILES string of the molecule is Cc1cc(F)cc(-c2nc(Cl)c3cccc(Cl)c3n2)c1. The highest BCUT2D eigenvalue weighted by molar-refractivity contribution is 6.38. The lowest BCUT2D eigenvalue weighted by atomic mass is 10.1. The highest BCUT2D eigenvalue weighted by atomic mass is 35.5. The zero-order valence-electron chi connectivity index (χ0n) is 10.5. The fourth-order valence-electron chi connectivity index (χ4n) is 2.07. The maximum Gasteiger partial charge on any atom is 0.161 e. The molecule has 0 fully saturated rings. The summed E-state index contributed by atoms with van der Waals surface area (Å²) in [5.74, 6) is 0.0252. The molecule has 0 aliphatic rings. The number of para-hydroxylation sites is 1. The van der Waals surface area contributed by atoms with Crippen LogP contribution in [0.2, 0.25) is 10.2 Å². The second-order valence-corrected chi connectivity index (χ2v) is 5.26. The van der Waals surface area contributed by atoms with Gasteiger partial charge in [-0.1, -0.05) is 29.3 Å². The number of halogens is 3. The van der Waals surface area contributed by atoms with Crippen LogP contribution in [0.15, 0.2) is 36.4 Å². The second kappa shape index (κ2) is 5.00. The Morgan fingerprint density at radius 1 is 1.05 bits per heavy atom. The molecule has 0 aliphatic carbocycles. The molecule has 3 aromatic rings. The van der Waals surface area contributed by atoms with Gasteiger partial charge in [0.05, 0.1) is 10.5 Å². The third-order valence-corrected chi connectivity index (χ3v) is 3.52. The predicted octanol–water partition coefficient (Wildman–Crippen LogP) is 5.05. The number of hydrogen-bond donors (Lipinski definition) is 0. The molecular weight excluding hydrogens is 298 g/mol. The molecule has 0 unspecified atom stereocenters. The molecule has 3 rings (SSSR count). The Bertz CT molecular complexity index is 798. The lowest BCUT2D eigenvalue weighted by molar-refractivity contribution is 0.627. The van der Waals surface area contributed by atoms with Gasteiger partial charge in [-0.3, -0.25) is 0 Å². The minimum Gasteiger partial charge on any atom is -0.226 e. The van der Waals surface area contributed by atoms with Gasteiger partial charge < -0.3 is 0 Å². The fraction of sp³-hybridized carbons (Fsp3) is 0.0667. The molecule has 0 atom stereocenters. The lowest BCUT2D eigenvalue weighted by Crippen LogP contribution is -1.93. The topological polar surface area (TPSA) is 25.8 Å². The maximum absolute atomic E-state index is 13.5. The normalized spacial score (nSPS) is 11.0. The highest BCUT2D eigenvalue weighted by Crippen LogP contribution is 2.29. The molecule has 0 saturated heterocycles. The van der Waals surface area contributed by atoms with Gasteiger partial charge in [-0.05, 0) is 42.8 Å². The van der Waals surface area contributed by atoms with E-state index in [9.17, 15) is 4.39 Å². The van der Waals surface area contributed by atoms with Crippen molar-refractivity contribution < 1.29 is 4.39 Å². The van der Waals surface area contributed by atoms with E-state index >= 15 is 0 Å². The Hall–Kier alpha value is -1.71. The van der Waals surface area contributed by atoms with Gasteiger partial charge in [0.25, 0.3) is 0 Å². The van der Waals surface area contributed by atoms with Crippen molar-refractivity contribution in [3.63, 3.8) is 0 Å². The minimum absolute atomic E-state index is 0.300. The van der Waals surface area contributed by atoms with Gasteiger partial charge in [0.2, 0.25) is 0 Å². The van der Waals surface area contributed by atoms with Crippen molar-refractivity contribution >= 4 is 34.1 Å². The first-order chi connectivity index (χ1) is 9.54. The van der Waals surface area contributed by atoms with Crippen LogP contribution in [0.1, 0.15) is 5.56 Å². The Labute approximate surface area is 125 Å². The number of aryl methyl sites for hydroxylation is 1. The van der Waals surface area contributed by atoms with Crippen LogP contribution in [0.3, 0.4) is 0 Å². The van der Waals surface area contributed by atoms with Crippen LogP contribution in [0.4, 0.5) is 4.39 Å². The second-order valence-electron chi connectivity index (χ2n) is 4.49. The van der Waals surface area contributed by atoms with Gasteiger partial charge in [0.15, 0.2) is 5.82 Å². The van der Waals surface area contributed by atoms with Crippen LogP contribution in [-0.2, 0) is 0 Å². The predicted molar refractivity (Wildman–Crippen MR) is 79.7 cm³/mol. The smallest absolute Gasteiger partial charge is 0.161 e. The molecule has 1 aromatic heterocycles. The van der Waals surface area contributed by atoms with Crippen molar-refractivity contribution in [3.05, 3.63) is 58.0 Å². The van der Waals surface area contributed by atoms with Crippen LogP contribution < -0.4 is 0 Å². The standard InChI is InChI=1S/C15H9Cl2FN2/c1-8-5-9(7-10(18)6-8)15-19-13-11(14(17)20-15)3-2-4-12(13)16/h2-7H,1H3. The third-order valence-electron chi connectivity index (χ3n) is 2.93. The van der Waals surface area contributed by atoms with E-state index in [1.807, 2.05) is 6.92 Å². The molecule has 100 valence electrons. The molecule has 2 nitrogen and oxygen atoms in total. The van der Waals surface area contributed by atoms with Crippen LogP contribution in [0.25, 0.3) is 22.3 Å². The summed E-state index contributed by atoms with van der Waals surface area (Å²) in [6, 6.07) is 9.93.